The summed E-state index contributed by atoms with van der Waals surface area (Å²) >= 11 is 3.37. The number of rotatable bonds is 3. The van der Waals surface area contributed by atoms with Crippen LogP contribution in [0.4, 0.5) is 0 Å². The number of halogens is 1. The van der Waals surface area contributed by atoms with Gasteiger partial charge in [0.2, 0.25) is 0 Å². The van der Waals surface area contributed by atoms with Gasteiger partial charge in [0.15, 0.2) is 5.78 Å². The Hall–Kier alpha value is -1.42. The predicted molar refractivity (Wildman–Crippen MR) is 79.6 cm³/mol. The average molecular weight is 321 g/mol. The normalized spacial score (nSPS) is 12.5. The van der Waals surface area contributed by atoms with Gasteiger partial charge in [0, 0.05) is 15.7 Å². The van der Waals surface area contributed by atoms with E-state index in [0.29, 0.717) is 5.56 Å². The summed E-state index contributed by atoms with van der Waals surface area (Å²) in [5, 5.41) is 4.46. The van der Waals surface area contributed by atoms with Crippen LogP contribution in [0.1, 0.15) is 40.3 Å². The van der Waals surface area contributed by atoms with Crippen molar-refractivity contribution in [2.24, 2.45) is 0 Å². The van der Waals surface area contributed by atoms with Crippen LogP contribution in [0.2, 0.25) is 0 Å². The first-order chi connectivity index (χ1) is 8.91. The second kappa shape index (κ2) is 5.29. The van der Waals surface area contributed by atoms with Crippen molar-refractivity contribution in [2.75, 3.05) is 0 Å². The highest BCUT2D eigenvalue weighted by atomic mass is 79.9. The number of aryl methyl sites for hydroxylation is 1. The number of Topliss-reactive ketones (excluding diaryl/α,β-unsaturated/α-hetero) is 1. The van der Waals surface area contributed by atoms with Crippen molar-refractivity contribution in [3.05, 3.63) is 51.3 Å². The molecule has 19 heavy (non-hydrogen) atoms. The van der Waals surface area contributed by atoms with E-state index in [1.807, 2.05) is 56.6 Å². The van der Waals surface area contributed by atoms with E-state index in [1.54, 1.807) is 0 Å². The summed E-state index contributed by atoms with van der Waals surface area (Å²) in [4.78, 5) is 12.5. The van der Waals surface area contributed by atoms with Crippen molar-refractivity contribution in [1.29, 1.82) is 0 Å². The van der Waals surface area contributed by atoms with Crippen LogP contribution in [0.3, 0.4) is 0 Å². The Morgan fingerprint density at radius 3 is 2.26 bits per heavy atom. The number of carbonyl (C=O) groups is 1. The first-order valence-electron chi connectivity index (χ1n) is 6.24. The molecule has 1 atom stereocenters. The van der Waals surface area contributed by atoms with Crippen LogP contribution in [0.15, 0.2) is 28.7 Å². The third-order valence-corrected chi connectivity index (χ3v) is 4.09. The second-order valence-electron chi connectivity index (χ2n) is 4.79. The molecule has 0 aliphatic rings. The predicted octanol–water partition coefficient (Wildman–Crippen LogP) is 4.01. The first kappa shape index (κ1) is 14.0. The molecule has 0 amide bonds. The third kappa shape index (κ3) is 2.63. The van der Waals surface area contributed by atoms with Crippen LogP contribution in [-0.4, -0.2) is 15.6 Å². The molecule has 0 bridgehead atoms. The maximum absolute atomic E-state index is 12.5. The topological polar surface area (TPSA) is 34.9 Å². The highest BCUT2D eigenvalue weighted by Crippen LogP contribution is 2.20. The molecule has 2 aromatic rings. The third-order valence-electron chi connectivity index (χ3n) is 3.56. The molecule has 0 fully saturated rings. The SMILES string of the molecule is Cc1nn(C(C)C(=O)c2ccc(Br)cc2)c(C)c1C. The van der Waals surface area contributed by atoms with Crippen LogP contribution in [0, 0.1) is 20.8 Å². The standard InChI is InChI=1S/C15H17BrN2O/c1-9-10(2)17-18(11(9)3)12(4)15(19)13-5-7-14(16)8-6-13/h5-8,12H,1-4H3. The van der Waals surface area contributed by atoms with Crippen molar-refractivity contribution in [1.82, 2.24) is 9.78 Å². The number of nitrogens with zero attached hydrogens (tertiary/aromatic N) is 2. The quantitative estimate of drug-likeness (QED) is 0.801. The van der Waals surface area contributed by atoms with Crippen molar-refractivity contribution < 1.29 is 4.79 Å². The van der Waals surface area contributed by atoms with Gasteiger partial charge in [-0.25, -0.2) is 0 Å². The molecule has 0 aliphatic carbocycles. The number of hydrogen-bond acceptors (Lipinski definition) is 2. The van der Waals surface area contributed by atoms with Crippen LogP contribution in [0.25, 0.3) is 0 Å². The smallest absolute Gasteiger partial charge is 0.187 e. The summed E-state index contributed by atoms with van der Waals surface area (Å²) in [6.07, 6.45) is 0. The minimum absolute atomic E-state index is 0.0816. The van der Waals surface area contributed by atoms with Crippen LogP contribution >= 0.6 is 15.9 Å². The van der Waals surface area contributed by atoms with Crippen molar-refractivity contribution in [3.63, 3.8) is 0 Å². The number of aromatic nitrogens is 2. The Morgan fingerprint density at radius 1 is 1.21 bits per heavy atom. The highest BCUT2D eigenvalue weighted by molar-refractivity contribution is 9.10. The molecule has 1 heterocycles. The van der Waals surface area contributed by atoms with Gasteiger partial charge in [0.1, 0.15) is 6.04 Å². The molecule has 1 aromatic carbocycles. The van der Waals surface area contributed by atoms with E-state index in [-0.39, 0.29) is 11.8 Å². The zero-order valence-electron chi connectivity index (χ0n) is 11.6. The monoisotopic (exact) mass is 320 g/mol. The maximum atomic E-state index is 12.5. The van der Waals surface area contributed by atoms with Gasteiger partial charge in [-0.2, -0.15) is 5.10 Å². The molecule has 3 nitrogen and oxygen atoms in total. The molecule has 1 aromatic heterocycles. The van der Waals surface area contributed by atoms with Gasteiger partial charge >= 0.3 is 0 Å². The summed E-state index contributed by atoms with van der Waals surface area (Å²) in [5.41, 5.74) is 3.89. The minimum atomic E-state index is -0.284. The summed E-state index contributed by atoms with van der Waals surface area (Å²) in [6.45, 7) is 7.89. The van der Waals surface area contributed by atoms with Gasteiger partial charge in [0.25, 0.3) is 0 Å². The fraction of sp³-hybridized carbons (Fsp3) is 0.333. The van der Waals surface area contributed by atoms with Gasteiger partial charge < -0.3 is 0 Å². The zero-order valence-corrected chi connectivity index (χ0v) is 13.2. The van der Waals surface area contributed by atoms with Gasteiger partial charge in [-0.05, 0) is 45.4 Å². The highest BCUT2D eigenvalue weighted by Gasteiger charge is 2.20. The largest absolute Gasteiger partial charge is 0.292 e. The molecular formula is C15H17BrN2O. The van der Waals surface area contributed by atoms with E-state index >= 15 is 0 Å². The molecule has 0 radical (unpaired) electrons. The van der Waals surface area contributed by atoms with E-state index in [2.05, 4.69) is 21.0 Å². The van der Waals surface area contributed by atoms with Gasteiger partial charge in [-0.3, -0.25) is 9.48 Å². The van der Waals surface area contributed by atoms with Crippen molar-refractivity contribution >= 4 is 21.7 Å². The van der Waals surface area contributed by atoms with Crippen molar-refractivity contribution in [3.8, 4) is 0 Å². The Kier molecular flexibility index (Phi) is 3.90. The lowest BCUT2D eigenvalue weighted by molar-refractivity contribution is 0.0926. The molecule has 2 rings (SSSR count). The molecule has 0 saturated carbocycles. The summed E-state index contributed by atoms with van der Waals surface area (Å²) < 4.78 is 2.79. The second-order valence-corrected chi connectivity index (χ2v) is 5.70. The molecular weight excluding hydrogens is 304 g/mol. The number of carbonyl (C=O) groups excluding carboxylic acids is 1. The van der Waals surface area contributed by atoms with Crippen molar-refractivity contribution in [2.45, 2.75) is 33.7 Å². The van der Waals surface area contributed by atoms with Gasteiger partial charge in [-0.15, -0.1) is 0 Å². The summed E-state index contributed by atoms with van der Waals surface area (Å²) in [5.74, 6) is 0.0816. The van der Waals surface area contributed by atoms with Gasteiger partial charge in [0.05, 0.1) is 5.69 Å². The van der Waals surface area contributed by atoms with Crippen LogP contribution in [-0.2, 0) is 0 Å². The van der Waals surface area contributed by atoms with E-state index < -0.39 is 0 Å². The summed E-state index contributed by atoms with van der Waals surface area (Å²) in [7, 11) is 0. The lowest BCUT2D eigenvalue weighted by atomic mass is 10.1. The molecule has 4 heteroatoms. The molecule has 0 spiro atoms. The van der Waals surface area contributed by atoms with E-state index in [0.717, 1.165) is 21.4 Å². The fourth-order valence-electron chi connectivity index (χ4n) is 2.09. The van der Waals surface area contributed by atoms with E-state index in [4.69, 9.17) is 0 Å². The Balaban J connectivity index is 2.33. The molecule has 0 N–H and O–H groups in total. The van der Waals surface area contributed by atoms with E-state index in [9.17, 15) is 4.79 Å². The Bertz CT molecular complexity index is 614. The fourth-order valence-corrected chi connectivity index (χ4v) is 2.35. The number of ketones is 1. The minimum Gasteiger partial charge on any atom is -0.292 e. The first-order valence-corrected chi connectivity index (χ1v) is 7.03. The lowest BCUT2D eigenvalue weighted by Gasteiger charge is -2.13. The molecule has 0 saturated heterocycles. The van der Waals surface area contributed by atoms with Gasteiger partial charge in [-0.1, -0.05) is 28.1 Å². The molecule has 0 aliphatic heterocycles. The van der Waals surface area contributed by atoms with E-state index in [1.165, 1.54) is 0 Å². The number of benzene rings is 1. The van der Waals surface area contributed by atoms with Crippen LogP contribution < -0.4 is 0 Å². The number of hydrogen-bond donors (Lipinski definition) is 0. The molecule has 1 unspecified atom stereocenters. The van der Waals surface area contributed by atoms with Crippen LogP contribution in [0.5, 0.6) is 0 Å². The lowest BCUT2D eigenvalue weighted by Crippen LogP contribution is -2.19. The maximum Gasteiger partial charge on any atom is 0.187 e. The zero-order chi connectivity index (χ0) is 14.2. The molecule has 100 valence electrons. The Labute approximate surface area is 121 Å². The Morgan fingerprint density at radius 2 is 1.79 bits per heavy atom. The summed E-state index contributed by atoms with van der Waals surface area (Å²) in [6, 6.07) is 7.15. The average Bonchev–Trinajstić information content (AvgIpc) is 2.66.